The number of hydrogen-bond acceptors (Lipinski definition) is 4. The first kappa shape index (κ1) is 16.7. The van der Waals surface area contributed by atoms with E-state index in [1.807, 2.05) is 12.3 Å². The molecular weight excluding hydrogens is 296 g/mol. The maximum absolute atomic E-state index is 4.79. The van der Waals surface area contributed by atoms with Gasteiger partial charge in [0.25, 0.3) is 0 Å². The first-order valence-corrected chi connectivity index (χ1v) is 9.12. The summed E-state index contributed by atoms with van der Waals surface area (Å²) in [5.41, 5.74) is 1.30. The van der Waals surface area contributed by atoms with Gasteiger partial charge < -0.3 is 10.2 Å². The number of aromatic nitrogens is 2. The molecule has 1 heterocycles. The zero-order chi connectivity index (χ0) is 16.8. The summed E-state index contributed by atoms with van der Waals surface area (Å²) in [6, 6.07) is 13.5. The van der Waals surface area contributed by atoms with Crippen molar-refractivity contribution in [3.8, 4) is 0 Å². The van der Waals surface area contributed by atoms with Gasteiger partial charge in [-0.1, -0.05) is 49.6 Å². The van der Waals surface area contributed by atoms with Gasteiger partial charge in [-0.05, 0) is 38.3 Å². The lowest BCUT2D eigenvalue weighted by atomic mass is 9.96. The van der Waals surface area contributed by atoms with E-state index in [4.69, 9.17) is 4.98 Å². The van der Waals surface area contributed by atoms with E-state index in [1.165, 1.54) is 37.7 Å². The van der Waals surface area contributed by atoms with E-state index in [0.29, 0.717) is 12.1 Å². The number of anilines is 2. The molecule has 0 aliphatic heterocycles. The van der Waals surface area contributed by atoms with E-state index >= 15 is 0 Å². The average Bonchev–Trinajstić information content (AvgIpc) is 2.61. The monoisotopic (exact) mass is 324 g/mol. The summed E-state index contributed by atoms with van der Waals surface area (Å²) in [4.78, 5) is 11.5. The summed E-state index contributed by atoms with van der Waals surface area (Å²) < 4.78 is 0. The van der Waals surface area contributed by atoms with Gasteiger partial charge >= 0.3 is 0 Å². The standard InChI is InChI=1S/C20H28N4/c1-16(2)24(15-17-9-5-3-6-10-17)19-13-14-21-20(23-19)22-18-11-7-4-8-12-18/h3,5-6,9-10,13-14,16,18H,4,7-8,11-12,15H2,1-2H3,(H,21,22,23). The van der Waals surface area contributed by atoms with Crippen LogP contribution in [0.5, 0.6) is 0 Å². The Morgan fingerprint density at radius 1 is 1.08 bits per heavy atom. The van der Waals surface area contributed by atoms with E-state index in [0.717, 1.165) is 18.3 Å². The Balaban J connectivity index is 1.74. The third kappa shape index (κ3) is 4.47. The molecule has 1 aromatic carbocycles. The Kier molecular flexibility index (Phi) is 5.68. The van der Waals surface area contributed by atoms with Crippen molar-refractivity contribution >= 4 is 11.8 Å². The molecule has 0 radical (unpaired) electrons. The van der Waals surface area contributed by atoms with Crippen molar-refractivity contribution < 1.29 is 0 Å². The Labute approximate surface area is 145 Å². The lowest BCUT2D eigenvalue weighted by molar-refractivity contribution is 0.461. The fourth-order valence-corrected chi connectivity index (χ4v) is 3.32. The van der Waals surface area contributed by atoms with Crippen LogP contribution >= 0.6 is 0 Å². The minimum absolute atomic E-state index is 0.377. The fourth-order valence-electron chi connectivity index (χ4n) is 3.32. The van der Waals surface area contributed by atoms with Crippen LogP contribution in [0.15, 0.2) is 42.6 Å². The van der Waals surface area contributed by atoms with Gasteiger partial charge in [-0.25, -0.2) is 4.98 Å². The molecule has 0 saturated heterocycles. The molecule has 4 heteroatoms. The van der Waals surface area contributed by atoms with Crippen molar-refractivity contribution in [1.82, 2.24) is 9.97 Å². The van der Waals surface area contributed by atoms with Crippen LogP contribution < -0.4 is 10.2 Å². The molecule has 1 saturated carbocycles. The molecule has 1 fully saturated rings. The van der Waals surface area contributed by atoms with Gasteiger partial charge in [0.2, 0.25) is 5.95 Å². The molecule has 1 aliphatic rings. The van der Waals surface area contributed by atoms with Crippen LogP contribution in [-0.2, 0) is 6.54 Å². The lowest BCUT2D eigenvalue weighted by Crippen LogP contribution is -2.31. The maximum Gasteiger partial charge on any atom is 0.224 e. The first-order valence-electron chi connectivity index (χ1n) is 9.12. The van der Waals surface area contributed by atoms with E-state index in [-0.39, 0.29) is 0 Å². The molecular formula is C20H28N4. The highest BCUT2D eigenvalue weighted by Gasteiger charge is 2.16. The van der Waals surface area contributed by atoms with Crippen LogP contribution in [0.25, 0.3) is 0 Å². The summed E-state index contributed by atoms with van der Waals surface area (Å²) in [5, 5.41) is 3.53. The van der Waals surface area contributed by atoms with E-state index in [1.54, 1.807) is 0 Å². The predicted octanol–water partition coefficient (Wildman–Crippen LogP) is 4.64. The molecule has 2 aromatic rings. The number of hydrogen-bond donors (Lipinski definition) is 1. The zero-order valence-electron chi connectivity index (χ0n) is 14.8. The van der Waals surface area contributed by atoms with Gasteiger partial charge in [0.05, 0.1) is 0 Å². The topological polar surface area (TPSA) is 41.1 Å². The highest BCUT2D eigenvalue weighted by Crippen LogP contribution is 2.22. The normalized spacial score (nSPS) is 15.5. The molecule has 0 amide bonds. The molecule has 4 nitrogen and oxygen atoms in total. The highest BCUT2D eigenvalue weighted by molar-refractivity contribution is 5.44. The molecule has 0 bridgehead atoms. The quantitative estimate of drug-likeness (QED) is 0.840. The molecule has 24 heavy (non-hydrogen) atoms. The predicted molar refractivity (Wildman–Crippen MR) is 100 cm³/mol. The molecule has 1 aromatic heterocycles. The molecule has 0 atom stereocenters. The van der Waals surface area contributed by atoms with Crippen molar-refractivity contribution in [1.29, 1.82) is 0 Å². The van der Waals surface area contributed by atoms with Crippen LogP contribution in [0.2, 0.25) is 0 Å². The van der Waals surface area contributed by atoms with Gasteiger partial charge in [-0.15, -0.1) is 0 Å². The second kappa shape index (κ2) is 8.13. The zero-order valence-corrected chi connectivity index (χ0v) is 14.8. The minimum atomic E-state index is 0.377. The molecule has 128 valence electrons. The highest BCUT2D eigenvalue weighted by atomic mass is 15.2. The number of nitrogens with one attached hydrogen (secondary N) is 1. The fraction of sp³-hybridized carbons (Fsp3) is 0.500. The third-order valence-corrected chi connectivity index (χ3v) is 4.69. The van der Waals surface area contributed by atoms with E-state index < -0.39 is 0 Å². The minimum Gasteiger partial charge on any atom is -0.351 e. The summed E-state index contributed by atoms with van der Waals surface area (Å²) >= 11 is 0. The largest absolute Gasteiger partial charge is 0.351 e. The second-order valence-corrected chi connectivity index (χ2v) is 6.92. The number of benzene rings is 1. The summed E-state index contributed by atoms with van der Waals surface area (Å²) in [6.07, 6.45) is 8.30. The van der Waals surface area contributed by atoms with Crippen LogP contribution in [0, 0.1) is 0 Å². The van der Waals surface area contributed by atoms with Crippen molar-refractivity contribution in [3.05, 3.63) is 48.2 Å². The Morgan fingerprint density at radius 2 is 1.83 bits per heavy atom. The van der Waals surface area contributed by atoms with Crippen LogP contribution in [0.4, 0.5) is 11.8 Å². The second-order valence-electron chi connectivity index (χ2n) is 6.92. The van der Waals surface area contributed by atoms with Crippen LogP contribution in [0.3, 0.4) is 0 Å². The molecule has 0 spiro atoms. The molecule has 0 unspecified atom stereocenters. The SMILES string of the molecule is CC(C)N(Cc1ccccc1)c1ccnc(NC2CCCCC2)n1. The van der Waals surface area contributed by atoms with E-state index in [9.17, 15) is 0 Å². The van der Waals surface area contributed by atoms with Crippen molar-refractivity contribution in [2.45, 2.75) is 64.6 Å². The smallest absolute Gasteiger partial charge is 0.224 e. The summed E-state index contributed by atoms with van der Waals surface area (Å²) in [5.74, 6) is 1.75. The van der Waals surface area contributed by atoms with Gasteiger partial charge in [0.15, 0.2) is 0 Å². The third-order valence-electron chi connectivity index (χ3n) is 4.69. The maximum atomic E-state index is 4.79. The molecule has 1 aliphatic carbocycles. The summed E-state index contributed by atoms with van der Waals surface area (Å²) in [6.45, 7) is 5.27. The molecule has 1 N–H and O–H groups in total. The Morgan fingerprint density at radius 3 is 2.54 bits per heavy atom. The lowest BCUT2D eigenvalue weighted by Gasteiger charge is -2.29. The molecule has 3 rings (SSSR count). The first-order chi connectivity index (χ1) is 11.7. The van der Waals surface area contributed by atoms with Gasteiger partial charge in [0.1, 0.15) is 5.82 Å². The van der Waals surface area contributed by atoms with Crippen molar-refractivity contribution in [2.24, 2.45) is 0 Å². The summed E-state index contributed by atoms with van der Waals surface area (Å²) in [7, 11) is 0. The Bertz CT molecular complexity index is 621. The van der Waals surface area contributed by atoms with Gasteiger partial charge in [0, 0.05) is 24.8 Å². The van der Waals surface area contributed by atoms with Crippen molar-refractivity contribution in [3.63, 3.8) is 0 Å². The Hall–Kier alpha value is -2.10. The number of rotatable bonds is 6. The van der Waals surface area contributed by atoms with Gasteiger partial charge in [-0.3, -0.25) is 0 Å². The van der Waals surface area contributed by atoms with Crippen molar-refractivity contribution in [2.75, 3.05) is 10.2 Å². The van der Waals surface area contributed by atoms with Crippen LogP contribution in [-0.4, -0.2) is 22.1 Å². The van der Waals surface area contributed by atoms with Crippen LogP contribution in [0.1, 0.15) is 51.5 Å². The van der Waals surface area contributed by atoms with E-state index in [2.05, 4.69) is 59.4 Å². The average molecular weight is 324 g/mol. The number of nitrogens with zero attached hydrogens (tertiary/aromatic N) is 3. The van der Waals surface area contributed by atoms with Gasteiger partial charge in [-0.2, -0.15) is 4.98 Å².